The first-order valence-corrected chi connectivity index (χ1v) is 11.8. The zero-order valence-corrected chi connectivity index (χ0v) is 19.5. The molecule has 33 heavy (non-hydrogen) atoms. The number of nitrogen functional groups attached to an aromatic ring is 1. The number of nitrogens with two attached hydrogens (primary N) is 1. The van der Waals surface area contributed by atoms with Crippen LogP contribution in [0.25, 0.3) is 0 Å². The molecule has 174 valence electrons. The van der Waals surface area contributed by atoms with E-state index < -0.39 is 10.0 Å². The Labute approximate surface area is 193 Å². The second-order valence-corrected chi connectivity index (χ2v) is 9.04. The summed E-state index contributed by atoms with van der Waals surface area (Å²) in [6.07, 6.45) is 1.37. The molecule has 0 spiro atoms. The van der Waals surface area contributed by atoms with Crippen LogP contribution in [0.4, 0.5) is 34.4 Å². The van der Waals surface area contributed by atoms with Crippen molar-refractivity contribution in [3.05, 3.63) is 54.9 Å². The van der Waals surface area contributed by atoms with Crippen LogP contribution in [-0.2, 0) is 14.8 Å². The highest BCUT2D eigenvalue weighted by molar-refractivity contribution is 7.89. The monoisotopic (exact) mass is 469 g/mol. The van der Waals surface area contributed by atoms with Gasteiger partial charge >= 0.3 is 0 Å². The van der Waals surface area contributed by atoms with E-state index in [2.05, 4.69) is 25.9 Å². The van der Waals surface area contributed by atoms with Crippen LogP contribution in [0, 0.1) is 0 Å². The highest BCUT2D eigenvalue weighted by Gasteiger charge is 2.21. The van der Waals surface area contributed by atoms with Gasteiger partial charge in [0.2, 0.25) is 15.9 Å². The van der Waals surface area contributed by atoms with Gasteiger partial charge in [0.05, 0.1) is 4.90 Å². The van der Waals surface area contributed by atoms with Crippen LogP contribution in [0.15, 0.2) is 59.8 Å². The van der Waals surface area contributed by atoms with E-state index in [0.29, 0.717) is 41.8 Å². The summed E-state index contributed by atoms with van der Waals surface area (Å²) in [4.78, 5) is 19.7. The number of rotatable bonds is 9. The molecule has 0 bridgehead atoms. The molecule has 1 aromatic heterocycles. The molecule has 1 amide bonds. The number of hydrogen-bond acceptors (Lipinski definition) is 8. The Morgan fingerprint density at radius 2 is 1.33 bits per heavy atom. The SMILES string of the molecule is CCN(CC)S(=O)(=O)c1ccc(Nc2ncnc(Nc3ccc(NC(C)=O)cc3)c2N)cc1. The van der Waals surface area contributed by atoms with Crippen LogP contribution < -0.4 is 21.7 Å². The number of anilines is 6. The van der Waals surface area contributed by atoms with E-state index in [-0.39, 0.29) is 10.8 Å². The lowest BCUT2D eigenvalue weighted by molar-refractivity contribution is -0.114. The normalized spacial score (nSPS) is 11.3. The Balaban J connectivity index is 1.75. The van der Waals surface area contributed by atoms with Crippen LogP contribution in [0.2, 0.25) is 0 Å². The molecule has 3 aromatic rings. The summed E-state index contributed by atoms with van der Waals surface area (Å²) < 4.78 is 26.7. The van der Waals surface area contributed by atoms with Crippen molar-refractivity contribution < 1.29 is 13.2 Å². The van der Waals surface area contributed by atoms with E-state index in [1.54, 1.807) is 62.4 Å². The minimum atomic E-state index is -3.53. The van der Waals surface area contributed by atoms with Crippen LogP contribution >= 0.6 is 0 Å². The molecule has 10 nitrogen and oxygen atoms in total. The molecule has 0 fully saturated rings. The average molecular weight is 470 g/mol. The van der Waals surface area contributed by atoms with Crippen molar-refractivity contribution in [2.45, 2.75) is 25.7 Å². The van der Waals surface area contributed by atoms with Gasteiger partial charge < -0.3 is 21.7 Å². The van der Waals surface area contributed by atoms with Crippen LogP contribution in [0.5, 0.6) is 0 Å². The minimum absolute atomic E-state index is 0.148. The molecule has 0 radical (unpaired) electrons. The Morgan fingerprint density at radius 1 is 0.879 bits per heavy atom. The van der Waals surface area contributed by atoms with Gasteiger partial charge in [-0.05, 0) is 48.5 Å². The molecule has 0 aliphatic heterocycles. The maximum absolute atomic E-state index is 12.6. The molecule has 0 aliphatic rings. The van der Waals surface area contributed by atoms with E-state index in [1.807, 2.05) is 0 Å². The Kier molecular flexibility index (Phi) is 7.46. The predicted molar refractivity (Wildman–Crippen MR) is 130 cm³/mol. The van der Waals surface area contributed by atoms with E-state index in [9.17, 15) is 13.2 Å². The number of carbonyl (C=O) groups excluding carboxylic acids is 1. The van der Waals surface area contributed by atoms with Crippen molar-refractivity contribution in [3.8, 4) is 0 Å². The summed E-state index contributed by atoms with van der Waals surface area (Å²) >= 11 is 0. The van der Waals surface area contributed by atoms with Crippen molar-refractivity contribution in [1.29, 1.82) is 0 Å². The van der Waals surface area contributed by atoms with Crippen molar-refractivity contribution in [1.82, 2.24) is 14.3 Å². The average Bonchev–Trinajstić information content (AvgIpc) is 2.78. The standard InChI is InChI=1S/C22H27N7O3S/c1-4-29(5-2)33(31,32)19-12-10-18(11-13-19)28-22-20(23)21(24-14-25-22)27-17-8-6-16(7-9-17)26-15(3)30/h6-14H,4-5,23H2,1-3H3,(H,26,30)(H2,24,25,27,28). The van der Waals surface area contributed by atoms with Crippen molar-refractivity contribution in [2.75, 3.05) is 34.8 Å². The van der Waals surface area contributed by atoms with Crippen LogP contribution in [0.3, 0.4) is 0 Å². The summed E-state index contributed by atoms with van der Waals surface area (Å²) in [5.74, 6) is 0.632. The molecule has 0 atom stereocenters. The van der Waals surface area contributed by atoms with Crippen molar-refractivity contribution in [3.63, 3.8) is 0 Å². The Hall–Kier alpha value is -3.70. The molecule has 0 saturated carbocycles. The molecule has 0 aliphatic carbocycles. The second kappa shape index (κ2) is 10.3. The van der Waals surface area contributed by atoms with Crippen molar-refractivity contribution >= 4 is 50.3 Å². The number of benzene rings is 2. The van der Waals surface area contributed by atoms with Crippen LogP contribution in [0.1, 0.15) is 20.8 Å². The number of amides is 1. The van der Waals surface area contributed by atoms with Crippen molar-refractivity contribution in [2.24, 2.45) is 0 Å². The molecule has 3 rings (SSSR count). The van der Waals surface area contributed by atoms with Crippen LogP contribution in [-0.4, -0.2) is 41.7 Å². The maximum atomic E-state index is 12.6. The van der Waals surface area contributed by atoms with Gasteiger partial charge in [0.25, 0.3) is 0 Å². The summed E-state index contributed by atoms with van der Waals surface area (Å²) in [5, 5.41) is 8.91. The molecule has 0 unspecified atom stereocenters. The zero-order chi connectivity index (χ0) is 24.0. The van der Waals surface area contributed by atoms with Gasteiger partial charge in [-0.25, -0.2) is 18.4 Å². The fraction of sp³-hybridized carbons (Fsp3) is 0.227. The van der Waals surface area contributed by atoms with Gasteiger partial charge in [-0.3, -0.25) is 4.79 Å². The molecule has 0 saturated heterocycles. The lowest BCUT2D eigenvalue weighted by Crippen LogP contribution is -2.30. The highest BCUT2D eigenvalue weighted by atomic mass is 32.2. The number of sulfonamides is 1. The van der Waals surface area contributed by atoms with Gasteiger partial charge in [0.1, 0.15) is 12.0 Å². The second-order valence-electron chi connectivity index (χ2n) is 7.11. The maximum Gasteiger partial charge on any atom is 0.243 e. The molecule has 11 heteroatoms. The molecule has 2 aromatic carbocycles. The number of aromatic nitrogens is 2. The van der Waals surface area contributed by atoms with E-state index in [1.165, 1.54) is 17.6 Å². The van der Waals surface area contributed by atoms with Gasteiger partial charge in [-0.15, -0.1) is 0 Å². The number of nitrogens with zero attached hydrogens (tertiary/aromatic N) is 3. The fourth-order valence-corrected chi connectivity index (χ4v) is 4.59. The summed E-state index contributed by atoms with van der Waals surface area (Å²) in [7, 11) is -3.53. The van der Waals surface area contributed by atoms with Gasteiger partial charge in [-0.1, -0.05) is 13.8 Å². The molecule has 1 heterocycles. The first-order valence-electron chi connectivity index (χ1n) is 10.4. The number of hydrogen-bond donors (Lipinski definition) is 4. The Morgan fingerprint density at radius 3 is 1.79 bits per heavy atom. The first-order chi connectivity index (χ1) is 15.7. The quantitative estimate of drug-likeness (QED) is 0.373. The lowest BCUT2D eigenvalue weighted by atomic mass is 10.2. The largest absolute Gasteiger partial charge is 0.393 e. The topological polar surface area (TPSA) is 142 Å². The predicted octanol–water partition coefficient (Wildman–Crippen LogP) is 3.53. The summed E-state index contributed by atoms with van der Waals surface area (Å²) in [6, 6.07) is 13.5. The van der Waals surface area contributed by atoms with Gasteiger partial charge in [0, 0.05) is 37.1 Å². The third-order valence-electron chi connectivity index (χ3n) is 4.81. The van der Waals surface area contributed by atoms with E-state index in [4.69, 9.17) is 5.73 Å². The number of nitrogens with one attached hydrogen (secondary N) is 3. The fourth-order valence-electron chi connectivity index (χ4n) is 3.13. The highest BCUT2D eigenvalue weighted by Crippen LogP contribution is 2.29. The number of carbonyl (C=O) groups is 1. The van der Waals surface area contributed by atoms with E-state index in [0.717, 1.165) is 5.69 Å². The zero-order valence-electron chi connectivity index (χ0n) is 18.7. The molecular weight excluding hydrogens is 442 g/mol. The lowest BCUT2D eigenvalue weighted by Gasteiger charge is -2.18. The Bertz CT molecular complexity index is 1210. The van der Waals surface area contributed by atoms with E-state index >= 15 is 0 Å². The first kappa shape index (κ1) is 24.0. The van der Waals surface area contributed by atoms with Gasteiger partial charge in [0.15, 0.2) is 11.6 Å². The summed E-state index contributed by atoms with van der Waals surface area (Å²) in [6.45, 7) is 5.86. The smallest absolute Gasteiger partial charge is 0.243 e. The van der Waals surface area contributed by atoms with Gasteiger partial charge in [-0.2, -0.15) is 4.31 Å². The molecular formula is C22H27N7O3S. The molecule has 5 N–H and O–H groups in total. The summed E-state index contributed by atoms with van der Waals surface area (Å²) in [5.41, 5.74) is 8.57. The third kappa shape index (κ3) is 5.76. The third-order valence-corrected chi connectivity index (χ3v) is 6.88. The minimum Gasteiger partial charge on any atom is -0.393 e.